The molecule has 0 spiro atoms. The lowest BCUT2D eigenvalue weighted by Gasteiger charge is -2.45. The summed E-state index contributed by atoms with van der Waals surface area (Å²) in [6.45, 7) is 18.0. The summed E-state index contributed by atoms with van der Waals surface area (Å²) in [5, 5.41) is 32.5. The molecule has 0 radical (unpaired) electrons. The summed E-state index contributed by atoms with van der Waals surface area (Å²) in [5.41, 5.74) is 3.94. The molecule has 0 aromatic heterocycles. The summed E-state index contributed by atoms with van der Waals surface area (Å²) in [5.74, 6) is -0.594. The minimum absolute atomic E-state index is 0.0336. The van der Waals surface area contributed by atoms with E-state index in [-0.39, 0.29) is 37.4 Å². The van der Waals surface area contributed by atoms with Gasteiger partial charge < -0.3 is 20.1 Å². The van der Waals surface area contributed by atoms with Gasteiger partial charge in [0.15, 0.2) is 11.6 Å². The molecule has 0 saturated heterocycles. The van der Waals surface area contributed by atoms with Gasteiger partial charge in [0.2, 0.25) is 0 Å². The molecule has 3 atom stereocenters. The number of hydrogen-bond acceptors (Lipinski definition) is 7. The maximum atomic E-state index is 13.0. The summed E-state index contributed by atoms with van der Waals surface area (Å²) >= 11 is 0. The Labute approximate surface area is 293 Å². The van der Waals surface area contributed by atoms with Crippen molar-refractivity contribution in [3.8, 4) is 0 Å². The van der Waals surface area contributed by atoms with E-state index in [4.69, 9.17) is 4.74 Å². The van der Waals surface area contributed by atoms with Crippen LogP contribution < -0.4 is 0 Å². The third-order valence-corrected chi connectivity index (χ3v) is 9.26. The molecular weight excluding hydrogens is 616 g/mol. The first-order valence-corrected chi connectivity index (χ1v) is 16.8. The number of esters is 1. The average Bonchev–Trinajstić information content (AvgIpc) is 2.94. The topological polar surface area (TPSA) is 121 Å². The van der Waals surface area contributed by atoms with Crippen LogP contribution in [0.5, 0.6) is 0 Å². The molecule has 0 aromatic rings. The minimum Gasteiger partial charge on any atom is -0.461 e. The highest BCUT2D eigenvalue weighted by atomic mass is 16.5. The Bertz CT molecular complexity index is 1570. The van der Waals surface area contributed by atoms with Gasteiger partial charge in [-0.15, -0.1) is 5.73 Å². The van der Waals surface area contributed by atoms with Crippen LogP contribution in [0.4, 0.5) is 0 Å². The number of aliphatic hydroxyl groups excluding tert-OH is 1. The Morgan fingerprint density at radius 2 is 1.47 bits per heavy atom. The van der Waals surface area contributed by atoms with Gasteiger partial charge in [0.05, 0.1) is 17.3 Å². The van der Waals surface area contributed by atoms with Crippen LogP contribution in [0.15, 0.2) is 112 Å². The predicted octanol–water partition coefficient (Wildman–Crippen LogP) is 7.63. The van der Waals surface area contributed by atoms with Gasteiger partial charge in [-0.25, -0.2) is 0 Å². The van der Waals surface area contributed by atoms with Gasteiger partial charge in [0.25, 0.3) is 0 Å². The van der Waals surface area contributed by atoms with Crippen molar-refractivity contribution >= 4 is 17.5 Å². The van der Waals surface area contributed by atoms with E-state index >= 15 is 0 Å². The first kappa shape index (κ1) is 41.3. The van der Waals surface area contributed by atoms with E-state index < -0.39 is 34.1 Å². The quantitative estimate of drug-likeness (QED) is 0.0844. The second-order valence-electron chi connectivity index (χ2n) is 15.0. The first-order valence-electron chi connectivity index (χ1n) is 16.8. The molecule has 2 aliphatic rings. The van der Waals surface area contributed by atoms with Gasteiger partial charge in [0, 0.05) is 37.2 Å². The number of ether oxygens (including phenoxy) is 1. The largest absolute Gasteiger partial charge is 0.461 e. The monoisotopic (exact) mass is 672 g/mol. The van der Waals surface area contributed by atoms with Crippen molar-refractivity contribution in [1.82, 2.24) is 0 Å². The van der Waals surface area contributed by atoms with Crippen molar-refractivity contribution in [3.63, 3.8) is 0 Å². The summed E-state index contributed by atoms with van der Waals surface area (Å²) < 4.78 is 5.22. The van der Waals surface area contributed by atoms with Crippen LogP contribution in [0.3, 0.4) is 0 Å². The van der Waals surface area contributed by atoms with Gasteiger partial charge in [-0.1, -0.05) is 99.6 Å². The molecular formula is C42H56O7. The highest BCUT2D eigenvalue weighted by Crippen LogP contribution is 2.46. The molecule has 0 aliphatic heterocycles. The minimum atomic E-state index is -1.36. The maximum absolute atomic E-state index is 13.0. The van der Waals surface area contributed by atoms with Gasteiger partial charge in [-0.2, -0.15) is 0 Å². The van der Waals surface area contributed by atoms with E-state index in [2.05, 4.69) is 5.73 Å². The third kappa shape index (κ3) is 12.2. The number of carbonyl (C=O) groups excluding carboxylic acids is 3. The number of ketones is 2. The summed E-state index contributed by atoms with van der Waals surface area (Å²) in [6, 6.07) is 0. The standard InChI is InChI=1S/C42H56O7/c1-29(17-13-19-31(3)37(46)27-42(48)32(4)23-35(44)25-40(42,8)9)15-11-12-16-30(2)18-14-20-34(28-49-33(5)43)21-22-38-39(6,7)24-36(45)26-41(38,10)47/h11-21,23,36,45,47-48H,24-28H2,1-10H3. The number of rotatable bonds is 12. The SMILES string of the molecule is CC(=O)OCC(C=C=C1C(C)(C)CC(O)CC1(C)O)=CC=CC(C)=CC=CC=C(C)C=CC=C(C)C(=O)CC1(O)C(C)=CC(=O)CC1(C)C. The molecule has 3 N–H and O–H groups in total. The van der Waals surface area contributed by atoms with Crippen LogP contribution in [-0.2, 0) is 19.1 Å². The van der Waals surface area contributed by atoms with E-state index in [9.17, 15) is 29.7 Å². The second kappa shape index (κ2) is 17.2. The van der Waals surface area contributed by atoms with Crippen molar-refractivity contribution in [2.24, 2.45) is 10.8 Å². The van der Waals surface area contributed by atoms with Crippen molar-refractivity contribution in [2.75, 3.05) is 6.61 Å². The number of allylic oxidation sites excluding steroid dienone is 14. The molecule has 1 fully saturated rings. The zero-order valence-corrected chi connectivity index (χ0v) is 31.0. The number of aliphatic hydroxyl groups is 3. The highest BCUT2D eigenvalue weighted by Gasteiger charge is 2.49. The van der Waals surface area contributed by atoms with Crippen LogP contribution in [0, 0.1) is 10.8 Å². The molecule has 1 saturated carbocycles. The van der Waals surface area contributed by atoms with Crippen LogP contribution in [-0.4, -0.2) is 56.8 Å². The second-order valence-corrected chi connectivity index (χ2v) is 15.0. The van der Waals surface area contributed by atoms with Crippen LogP contribution >= 0.6 is 0 Å². The number of Topliss-reactive ketones (excluding diaryl/α,β-unsaturated/α-hetero) is 1. The molecule has 49 heavy (non-hydrogen) atoms. The molecule has 0 aromatic carbocycles. The van der Waals surface area contributed by atoms with Gasteiger partial charge in [0.1, 0.15) is 6.61 Å². The van der Waals surface area contributed by atoms with Crippen molar-refractivity contribution in [3.05, 3.63) is 112 Å². The van der Waals surface area contributed by atoms with Gasteiger partial charge in [-0.3, -0.25) is 14.4 Å². The van der Waals surface area contributed by atoms with E-state index in [1.807, 2.05) is 96.2 Å². The molecule has 2 rings (SSSR count). The molecule has 2 aliphatic carbocycles. The maximum Gasteiger partial charge on any atom is 0.302 e. The molecule has 0 bridgehead atoms. The van der Waals surface area contributed by atoms with Crippen molar-refractivity contribution in [1.29, 1.82) is 0 Å². The Balaban J connectivity index is 2.09. The average molecular weight is 673 g/mol. The van der Waals surface area contributed by atoms with Gasteiger partial charge in [-0.05, 0) is 75.3 Å². The normalized spacial score (nSPS) is 26.7. The molecule has 0 heterocycles. The van der Waals surface area contributed by atoms with E-state index in [1.54, 1.807) is 32.9 Å². The zero-order chi connectivity index (χ0) is 37.2. The Kier molecular flexibility index (Phi) is 14.5. The molecule has 0 amide bonds. The smallest absolute Gasteiger partial charge is 0.302 e. The Morgan fingerprint density at radius 3 is 2.00 bits per heavy atom. The zero-order valence-electron chi connectivity index (χ0n) is 31.0. The number of hydrogen-bond donors (Lipinski definition) is 3. The Hall–Kier alpha value is -3.87. The van der Waals surface area contributed by atoms with Crippen LogP contribution in [0.1, 0.15) is 94.9 Å². The van der Waals surface area contributed by atoms with Gasteiger partial charge >= 0.3 is 5.97 Å². The fourth-order valence-electron chi connectivity index (χ4n) is 6.46. The lowest BCUT2D eigenvalue weighted by molar-refractivity contribution is -0.139. The summed E-state index contributed by atoms with van der Waals surface area (Å²) in [4.78, 5) is 36.4. The number of carbonyl (C=O) groups is 3. The van der Waals surface area contributed by atoms with Crippen LogP contribution in [0.2, 0.25) is 0 Å². The van der Waals surface area contributed by atoms with E-state index in [1.165, 1.54) is 13.0 Å². The third-order valence-electron chi connectivity index (χ3n) is 9.26. The lowest BCUT2D eigenvalue weighted by atomic mass is 9.62. The predicted molar refractivity (Wildman–Crippen MR) is 196 cm³/mol. The van der Waals surface area contributed by atoms with Crippen LogP contribution in [0.25, 0.3) is 0 Å². The lowest BCUT2D eigenvalue weighted by Crippen LogP contribution is -2.50. The van der Waals surface area contributed by atoms with Crippen molar-refractivity contribution in [2.45, 2.75) is 112 Å². The molecule has 266 valence electrons. The molecule has 3 unspecified atom stereocenters. The molecule has 7 nitrogen and oxygen atoms in total. The highest BCUT2D eigenvalue weighted by molar-refractivity contribution is 5.97. The Morgan fingerprint density at radius 1 is 0.898 bits per heavy atom. The fraction of sp³-hybridized carbons (Fsp3) is 0.476. The van der Waals surface area contributed by atoms with E-state index in [0.717, 1.165) is 11.1 Å². The van der Waals surface area contributed by atoms with E-state index in [0.29, 0.717) is 28.7 Å². The summed E-state index contributed by atoms with van der Waals surface area (Å²) in [7, 11) is 0. The molecule has 7 heteroatoms. The first-order chi connectivity index (χ1) is 22.6. The fourth-order valence-corrected chi connectivity index (χ4v) is 6.46. The van der Waals surface area contributed by atoms with Crippen molar-refractivity contribution < 1.29 is 34.4 Å². The summed E-state index contributed by atoms with van der Waals surface area (Å²) in [6.07, 6.45) is 22.3.